The predicted molar refractivity (Wildman–Crippen MR) is 89.7 cm³/mol. The highest BCUT2D eigenvalue weighted by Crippen LogP contribution is 2.24. The molecule has 1 aromatic heterocycles. The van der Waals surface area contributed by atoms with Gasteiger partial charge in [-0.05, 0) is 32.4 Å². The summed E-state index contributed by atoms with van der Waals surface area (Å²) in [5.74, 6) is 0.960. The highest BCUT2D eigenvalue weighted by atomic mass is 32.2. The summed E-state index contributed by atoms with van der Waals surface area (Å²) in [4.78, 5) is 8.45. The molecule has 0 radical (unpaired) electrons. The minimum Gasteiger partial charge on any atom is -0.309 e. The lowest BCUT2D eigenvalue weighted by atomic mass is 10.0. The lowest BCUT2D eigenvalue weighted by Gasteiger charge is -2.19. The van der Waals surface area contributed by atoms with E-state index in [1.54, 1.807) is 24.2 Å². The highest BCUT2D eigenvalue weighted by molar-refractivity contribution is 7.99. The van der Waals surface area contributed by atoms with Crippen LogP contribution in [-0.4, -0.2) is 22.3 Å². The molecule has 0 saturated carbocycles. The summed E-state index contributed by atoms with van der Waals surface area (Å²) < 4.78 is 0. The fourth-order valence-corrected chi connectivity index (χ4v) is 3.25. The van der Waals surface area contributed by atoms with Crippen molar-refractivity contribution in [2.75, 3.05) is 12.3 Å². The Balaban J connectivity index is 2.10. The average molecular weight is 301 g/mol. The smallest absolute Gasteiger partial charge is 0.114 e. The number of hydrogen-bond donors (Lipinski definition) is 1. The Kier molecular flexibility index (Phi) is 6.21. The van der Waals surface area contributed by atoms with E-state index in [2.05, 4.69) is 54.3 Å². The van der Waals surface area contributed by atoms with Crippen LogP contribution in [0.15, 0.2) is 41.8 Å². The number of thioether (sulfide) groups is 1. The maximum absolute atomic E-state index is 4.33. The van der Waals surface area contributed by atoms with Crippen molar-refractivity contribution in [2.45, 2.75) is 38.3 Å². The van der Waals surface area contributed by atoms with E-state index in [9.17, 15) is 0 Å². The van der Waals surface area contributed by atoms with E-state index in [-0.39, 0.29) is 0 Å². The summed E-state index contributed by atoms with van der Waals surface area (Å²) in [5, 5.41) is 4.62. The number of aromatic nitrogens is 2. The summed E-state index contributed by atoms with van der Waals surface area (Å²) in [7, 11) is 0. The van der Waals surface area contributed by atoms with Crippen molar-refractivity contribution in [2.24, 2.45) is 0 Å². The van der Waals surface area contributed by atoms with Gasteiger partial charge in [0, 0.05) is 24.2 Å². The van der Waals surface area contributed by atoms with Gasteiger partial charge in [-0.3, -0.25) is 4.98 Å². The van der Waals surface area contributed by atoms with Crippen molar-refractivity contribution in [3.8, 4) is 0 Å². The van der Waals surface area contributed by atoms with Crippen LogP contribution in [0.1, 0.15) is 36.1 Å². The fraction of sp³-hybridized carbons (Fsp3) is 0.412. The standard InChI is InChI=1S/C17H23N3S/c1-4-5-19-16(12-21-17-11-18-6-7-20-17)15-9-13(2)8-14(3)10-15/h6-11,16,19H,4-5,12H2,1-3H3. The number of rotatable bonds is 7. The molecule has 0 spiro atoms. The van der Waals surface area contributed by atoms with Gasteiger partial charge in [0.25, 0.3) is 0 Å². The maximum atomic E-state index is 4.33. The van der Waals surface area contributed by atoms with Gasteiger partial charge in [-0.2, -0.15) is 0 Å². The molecule has 0 fully saturated rings. The molecule has 1 heterocycles. The maximum Gasteiger partial charge on any atom is 0.114 e. The van der Waals surface area contributed by atoms with Crippen LogP contribution in [0.4, 0.5) is 0 Å². The van der Waals surface area contributed by atoms with Gasteiger partial charge < -0.3 is 5.32 Å². The van der Waals surface area contributed by atoms with E-state index in [0.717, 1.165) is 23.7 Å². The van der Waals surface area contributed by atoms with Crippen LogP contribution in [0, 0.1) is 13.8 Å². The molecule has 2 rings (SSSR count). The first-order valence-electron chi connectivity index (χ1n) is 7.39. The third-order valence-electron chi connectivity index (χ3n) is 3.22. The van der Waals surface area contributed by atoms with Crippen molar-refractivity contribution in [1.29, 1.82) is 0 Å². The molecular formula is C17H23N3S. The summed E-state index contributed by atoms with van der Waals surface area (Å²) >= 11 is 1.75. The van der Waals surface area contributed by atoms with Crippen LogP contribution < -0.4 is 5.32 Å². The van der Waals surface area contributed by atoms with Crippen LogP contribution in [0.3, 0.4) is 0 Å². The van der Waals surface area contributed by atoms with Crippen LogP contribution in [0.2, 0.25) is 0 Å². The first-order chi connectivity index (χ1) is 10.2. The summed E-state index contributed by atoms with van der Waals surface area (Å²) in [6, 6.07) is 7.11. The third-order valence-corrected chi connectivity index (χ3v) is 4.23. The molecule has 0 amide bonds. The summed E-state index contributed by atoms with van der Waals surface area (Å²) in [5.41, 5.74) is 3.99. The molecule has 0 saturated heterocycles. The number of benzene rings is 1. The molecule has 1 N–H and O–H groups in total. The molecule has 0 aliphatic heterocycles. The number of aryl methyl sites for hydroxylation is 2. The second-order valence-corrected chi connectivity index (χ2v) is 6.32. The molecule has 0 bridgehead atoms. The minimum absolute atomic E-state index is 0.343. The van der Waals surface area contributed by atoms with E-state index < -0.39 is 0 Å². The Morgan fingerprint density at radius 3 is 2.52 bits per heavy atom. The molecule has 1 aromatic carbocycles. The summed E-state index contributed by atoms with van der Waals surface area (Å²) in [6.45, 7) is 7.53. The Bertz CT molecular complexity index is 537. The zero-order valence-electron chi connectivity index (χ0n) is 13.0. The number of nitrogens with one attached hydrogen (secondary N) is 1. The Morgan fingerprint density at radius 1 is 1.14 bits per heavy atom. The molecule has 1 atom stereocenters. The average Bonchev–Trinajstić information content (AvgIpc) is 2.47. The van der Waals surface area contributed by atoms with Gasteiger partial charge in [-0.1, -0.05) is 36.2 Å². The van der Waals surface area contributed by atoms with Crippen LogP contribution in [0.25, 0.3) is 0 Å². The fourth-order valence-electron chi connectivity index (χ4n) is 2.33. The second kappa shape index (κ2) is 8.15. The SMILES string of the molecule is CCCNC(CSc1cnccn1)c1cc(C)cc(C)c1. The summed E-state index contributed by atoms with van der Waals surface area (Å²) in [6.07, 6.45) is 6.41. The lowest BCUT2D eigenvalue weighted by molar-refractivity contribution is 0.576. The van der Waals surface area contributed by atoms with Crippen LogP contribution in [0.5, 0.6) is 0 Å². The third kappa shape index (κ3) is 5.14. The molecule has 21 heavy (non-hydrogen) atoms. The van der Waals surface area contributed by atoms with Gasteiger partial charge in [0.2, 0.25) is 0 Å². The molecule has 112 valence electrons. The van der Waals surface area contributed by atoms with Gasteiger partial charge in [-0.25, -0.2) is 4.98 Å². The number of nitrogens with zero attached hydrogens (tertiary/aromatic N) is 2. The first kappa shape index (κ1) is 16.0. The molecule has 1 unspecified atom stereocenters. The van der Waals surface area contributed by atoms with Crippen LogP contribution >= 0.6 is 11.8 Å². The Labute approximate surface area is 131 Å². The van der Waals surface area contributed by atoms with Crippen molar-refractivity contribution in [3.63, 3.8) is 0 Å². The molecule has 0 aliphatic rings. The molecule has 4 heteroatoms. The lowest BCUT2D eigenvalue weighted by Crippen LogP contribution is -2.24. The predicted octanol–water partition coefficient (Wildman–Crippen LogP) is 3.93. The van der Waals surface area contributed by atoms with Crippen LogP contribution in [-0.2, 0) is 0 Å². The van der Waals surface area contributed by atoms with Gasteiger partial charge in [-0.15, -0.1) is 11.8 Å². The second-order valence-electron chi connectivity index (χ2n) is 5.28. The van der Waals surface area contributed by atoms with Gasteiger partial charge >= 0.3 is 0 Å². The quantitative estimate of drug-likeness (QED) is 0.786. The minimum atomic E-state index is 0.343. The Morgan fingerprint density at radius 2 is 1.90 bits per heavy atom. The topological polar surface area (TPSA) is 37.8 Å². The number of hydrogen-bond acceptors (Lipinski definition) is 4. The zero-order valence-corrected chi connectivity index (χ0v) is 13.8. The van der Waals surface area contributed by atoms with E-state index in [4.69, 9.17) is 0 Å². The highest BCUT2D eigenvalue weighted by Gasteiger charge is 2.12. The van der Waals surface area contributed by atoms with Crippen molar-refractivity contribution >= 4 is 11.8 Å². The van der Waals surface area contributed by atoms with E-state index in [1.807, 2.05) is 6.20 Å². The van der Waals surface area contributed by atoms with Crippen molar-refractivity contribution in [3.05, 3.63) is 53.5 Å². The normalized spacial score (nSPS) is 12.3. The van der Waals surface area contributed by atoms with E-state index in [0.29, 0.717) is 6.04 Å². The first-order valence-corrected chi connectivity index (χ1v) is 8.38. The van der Waals surface area contributed by atoms with Crippen molar-refractivity contribution < 1.29 is 0 Å². The molecule has 0 aliphatic carbocycles. The molecular weight excluding hydrogens is 278 g/mol. The van der Waals surface area contributed by atoms with E-state index >= 15 is 0 Å². The van der Waals surface area contributed by atoms with E-state index in [1.165, 1.54) is 16.7 Å². The largest absolute Gasteiger partial charge is 0.309 e. The van der Waals surface area contributed by atoms with Gasteiger partial charge in [0.15, 0.2) is 0 Å². The van der Waals surface area contributed by atoms with Gasteiger partial charge in [0.05, 0.1) is 6.20 Å². The molecule has 3 nitrogen and oxygen atoms in total. The van der Waals surface area contributed by atoms with Crippen molar-refractivity contribution in [1.82, 2.24) is 15.3 Å². The Hall–Kier alpha value is -1.39. The van der Waals surface area contributed by atoms with Gasteiger partial charge in [0.1, 0.15) is 5.03 Å². The molecule has 2 aromatic rings. The zero-order chi connectivity index (χ0) is 15.1. The monoisotopic (exact) mass is 301 g/mol.